The van der Waals surface area contributed by atoms with Crippen molar-refractivity contribution < 1.29 is 14.3 Å². The highest BCUT2D eigenvalue weighted by Gasteiger charge is 2.05. The lowest BCUT2D eigenvalue weighted by Gasteiger charge is -2.08. The lowest BCUT2D eigenvalue weighted by atomic mass is 10.1. The van der Waals surface area contributed by atoms with Gasteiger partial charge in [-0.25, -0.2) is 0 Å². The number of benzene rings is 2. The monoisotopic (exact) mass is 349 g/mol. The van der Waals surface area contributed by atoms with Gasteiger partial charge in [-0.15, -0.1) is 0 Å². The number of carbonyl (C=O) groups is 2. The summed E-state index contributed by atoms with van der Waals surface area (Å²) >= 11 is 0. The second-order valence-electron chi connectivity index (χ2n) is 5.48. The molecule has 0 unspecified atom stereocenters. The van der Waals surface area contributed by atoms with Crippen molar-refractivity contribution in [2.45, 2.75) is 6.42 Å². The lowest BCUT2D eigenvalue weighted by molar-refractivity contribution is -0.123. The first-order valence-corrected chi connectivity index (χ1v) is 8.03. The van der Waals surface area contributed by atoms with Crippen molar-refractivity contribution >= 4 is 17.9 Å². The maximum absolute atomic E-state index is 11.8. The van der Waals surface area contributed by atoms with Gasteiger partial charge >= 0.3 is 0 Å². The van der Waals surface area contributed by atoms with Crippen LogP contribution >= 0.6 is 0 Å². The van der Waals surface area contributed by atoms with Gasteiger partial charge in [-0.2, -0.15) is 5.26 Å². The second kappa shape index (κ2) is 9.64. The van der Waals surface area contributed by atoms with E-state index in [1.165, 1.54) is 6.08 Å². The molecule has 0 radical (unpaired) electrons. The molecule has 0 aliphatic heterocycles. The third-order valence-electron chi connectivity index (χ3n) is 3.53. The number of amides is 2. The molecule has 0 saturated carbocycles. The molecule has 0 aliphatic carbocycles. The second-order valence-corrected chi connectivity index (χ2v) is 5.48. The fourth-order valence-electron chi connectivity index (χ4n) is 2.18. The lowest BCUT2D eigenvalue weighted by Crippen LogP contribution is -2.30. The summed E-state index contributed by atoms with van der Waals surface area (Å²) in [5, 5.41) is 11.6. The van der Waals surface area contributed by atoms with Crippen molar-refractivity contribution in [2.75, 3.05) is 13.2 Å². The number of ether oxygens (including phenoxy) is 1. The molecule has 0 fully saturated rings. The van der Waals surface area contributed by atoms with Crippen LogP contribution in [0.1, 0.15) is 11.1 Å². The quantitative estimate of drug-likeness (QED) is 0.560. The zero-order valence-electron chi connectivity index (χ0n) is 14.1. The number of rotatable bonds is 8. The third-order valence-corrected chi connectivity index (χ3v) is 3.53. The van der Waals surface area contributed by atoms with E-state index in [9.17, 15) is 9.59 Å². The highest BCUT2D eigenvalue weighted by atomic mass is 16.5. The number of hydrogen-bond donors (Lipinski definition) is 2. The van der Waals surface area contributed by atoms with E-state index in [1.807, 2.05) is 30.3 Å². The van der Waals surface area contributed by atoms with Gasteiger partial charge in [0.05, 0.1) is 0 Å². The van der Waals surface area contributed by atoms with Gasteiger partial charge < -0.3 is 15.8 Å². The van der Waals surface area contributed by atoms with Crippen molar-refractivity contribution in [1.82, 2.24) is 5.32 Å². The summed E-state index contributed by atoms with van der Waals surface area (Å²) in [5.74, 6) is -0.469. The maximum Gasteiger partial charge on any atom is 0.259 e. The first-order chi connectivity index (χ1) is 12.6. The van der Waals surface area contributed by atoms with Crippen molar-refractivity contribution in [3.8, 4) is 11.8 Å². The molecule has 2 amide bonds. The highest BCUT2D eigenvalue weighted by molar-refractivity contribution is 6.00. The molecule has 0 spiro atoms. The number of nitrogens with zero attached hydrogens (tertiary/aromatic N) is 1. The summed E-state index contributed by atoms with van der Waals surface area (Å²) in [4.78, 5) is 22.8. The van der Waals surface area contributed by atoms with Crippen molar-refractivity contribution in [1.29, 1.82) is 5.26 Å². The number of hydrogen-bond acceptors (Lipinski definition) is 4. The molecule has 0 bridgehead atoms. The number of nitrogens with one attached hydrogen (secondary N) is 1. The fourth-order valence-corrected chi connectivity index (χ4v) is 2.18. The summed E-state index contributed by atoms with van der Waals surface area (Å²) in [6, 6.07) is 18.3. The average Bonchev–Trinajstić information content (AvgIpc) is 2.66. The van der Waals surface area contributed by atoms with Gasteiger partial charge in [0.1, 0.15) is 17.4 Å². The normalized spacial score (nSPS) is 10.7. The molecule has 2 aromatic carbocycles. The molecule has 6 heteroatoms. The minimum atomic E-state index is -0.778. The van der Waals surface area contributed by atoms with Gasteiger partial charge in [-0.05, 0) is 35.8 Å². The zero-order valence-corrected chi connectivity index (χ0v) is 14.1. The molecule has 26 heavy (non-hydrogen) atoms. The van der Waals surface area contributed by atoms with E-state index < -0.39 is 5.91 Å². The Morgan fingerprint density at radius 2 is 1.81 bits per heavy atom. The van der Waals surface area contributed by atoms with Crippen LogP contribution in [0.3, 0.4) is 0 Å². The van der Waals surface area contributed by atoms with E-state index in [-0.39, 0.29) is 18.1 Å². The maximum atomic E-state index is 11.8. The Balaban J connectivity index is 1.77. The molecule has 132 valence electrons. The van der Waals surface area contributed by atoms with Crippen molar-refractivity contribution in [2.24, 2.45) is 5.73 Å². The Morgan fingerprint density at radius 1 is 1.12 bits per heavy atom. The van der Waals surface area contributed by atoms with Crippen LogP contribution < -0.4 is 15.8 Å². The number of carbonyl (C=O) groups excluding carboxylic acids is 2. The molecule has 0 heterocycles. The van der Waals surface area contributed by atoms with Crippen molar-refractivity contribution in [3.05, 3.63) is 71.3 Å². The summed E-state index contributed by atoms with van der Waals surface area (Å²) in [5.41, 5.74) is 6.75. The minimum absolute atomic E-state index is 0.0886. The Kier molecular flexibility index (Phi) is 6.95. The Labute approximate surface area is 151 Å². The number of nitrogens with two attached hydrogens (primary N) is 1. The molecule has 0 saturated heterocycles. The molecule has 2 rings (SSSR count). The molecule has 2 aromatic rings. The predicted octanol–water partition coefficient (Wildman–Crippen LogP) is 1.82. The molecule has 0 aliphatic rings. The average molecular weight is 349 g/mol. The Bertz CT molecular complexity index is 822. The van der Waals surface area contributed by atoms with Crippen LogP contribution in [0.25, 0.3) is 6.08 Å². The Hall–Kier alpha value is -3.59. The topological polar surface area (TPSA) is 105 Å². The van der Waals surface area contributed by atoms with Crippen molar-refractivity contribution in [3.63, 3.8) is 0 Å². The van der Waals surface area contributed by atoms with Crippen LogP contribution in [0.4, 0.5) is 0 Å². The first kappa shape index (κ1) is 18.7. The van der Waals surface area contributed by atoms with Crippen LogP contribution in [-0.4, -0.2) is 25.0 Å². The van der Waals surface area contributed by atoms with E-state index in [0.29, 0.717) is 17.9 Å². The standard InChI is InChI=1S/C20H19N3O3/c21-13-17(20(22)25)12-16-6-8-18(9-7-16)26-14-19(24)23-11-10-15-4-2-1-3-5-15/h1-9,12H,10-11,14H2,(H2,22,25)(H,23,24)/b17-12+. The van der Waals surface area contributed by atoms with E-state index in [0.717, 1.165) is 12.0 Å². The largest absolute Gasteiger partial charge is 0.484 e. The summed E-state index contributed by atoms with van der Waals surface area (Å²) < 4.78 is 5.41. The molecule has 0 atom stereocenters. The Morgan fingerprint density at radius 3 is 2.42 bits per heavy atom. The van der Waals surface area contributed by atoms with Crippen LogP contribution in [-0.2, 0) is 16.0 Å². The summed E-state index contributed by atoms with van der Waals surface area (Å²) in [7, 11) is 0. The third kappa shape index (κ3) is 6.13. The predicted molar refractivity (Wildman–Crippen MR) is 97.9 cm³/mol. The van der Waals surface area contributed by atoms with Gasteiger partial charge in [-0.1, -0.05) is 42.5 Å². The van der Waals surface area contributed by atoms with Crippen LogP contribution in [0.2, 0.25) is 0 Å². The van der Waals surface area contributed by atoms with E-state index in [4.69, 9.17) is 15.7 Å². The van der Waals surface area contributed by atoms with E-state index >= 15 is 0 Å². The van der Waals surface area contributed by atoms with Crippen LogP contribution in [0.5, 0.6) is 5.75 Å². The van der Waals surface area contributed by atoms with Gasteiger partial charge in [0.15, 0.2) is 6.61 Å². The van der Waals surface area contributed by atoms with Gasteiger partial charge in [0.2, 0.25) is 0 Å². The van der Waals surface area contributed by atoms with E-state index in [2.05, 4.69) is 5.32 Å². The molecule has 6 nitrogen and oxygen atoms in total. The van der Waals surface area contributed by atoms with Gasteiger partial charge in [-0.3, -0.25) is 9.59 Å². The molecular formula is C20H19N3O3. The first-order valence-electron chi connectivity index (χ1n) is 8.03. The molecule has 0 aromatic heterocycles. The number of primary amides is 1. The smallest absolute Gasteiger partial charge is 0.259 e. The number of nitriles is 1. The van der Waals surface area contributed by atoms with Gasteiger partial charge in [0, 0.05) is 6.54 Å². The molecule has 3 N–H and O–H groups in total. The highest BCUT2D eigenvalue weighted by Crippen LogP contribution is 2.14. The fraction of sp³-hybridized carbons (Fsp3) is 0.150. The van der Waals surface area contributed by atoms with Crippen LogP contribution in [0, 0.1) is 11.3 Å². The molecular weight excluding hydrogens is 330 g/mol. The zero-order chi connectivity index (χ0) is 18.8. The summed E-state index contributed by atoms with van der Waals surface area (Å²) in [6.45, 7) is 0.453. The van der Waals surface area contributed by atoms with Crippen LogP contribution in [0.15, 0.2) is 60.2 Å². The van der Waals surface area contributed by atoms with E-state index in [1.54, 1.807) is 30.3 Å². The minimum Gasteiger partial charge on any atom is -0.484 e. The SMILES string of the molecule is N#C/C(=C\c1ccc(OCC(=O)NCCc2ccccc2)cc1)C(N)=O. The van der Waals surface area contributed by atoms with Gasteiger partial charge in [0.25, 0.3) is 11.8 Å². The summed E-state index contributed by atoms with van der Waals surface area (Å²) in [6.07, 6.45) is 2.15.